The Labute approximate surface area is 130 Å². The predicted octanol–water partition coefficient (Wildman–Crippen LogP) is 2.61. The van der Waals surface area contributed by atoms with E-state index in [4.69, 9.17) is 5.11 Å². The molecule has 1 aromatic rings. The lowest BCUT2D eigenvalue weighted by Crippen LogP contribution is -2.37. The SMILES string of the molecule is CC(CSCc1ccccc1)C(=O)N[C@@H]1C=C[C@H](CO)C1. The van der Waals surface area contributed by atoms with Gasteiger partial charge in [-0.2, -0.15) is 11.8 Å². The first-order valence-electron chi connectivity index (χ1n) is 7.40. The van der Waals surface area contributed by atoms with Gasteiger partial charge in [0.05, 0.1) is 0 Å². The topological polar surface area (TPSA) is 49.3 Å². The minimum Gasteiger partial charge on any atom is -0.396 e. The van der Waals surface area contributed by atoms with Gasteiger partial charge in [0.1, 0.15) is 0 Å². The number of thioether (sulfide) groups is 1. The van der Waals surface area contributed by atoms with Gasteiger partial charge in [0, 0.05) is 36.0 Å². The molecule has 1 aliphatic rings. The summed E-state index contributed by atoms with van der Waals surface area (Å²) in [5.74, 6) is 2.05. The van der Waals surface area contributed by atoms with Crippen LogP contribution in [0.1, 0.15) is 18.9 Å². The van der Waals surface area contributed by atoms with Gasteiger partial charge in [-0.15, -0.1) is 0 Å². The molecule has 0 radical (unpaired) electrons. The highest BCUT2D eigenvalue weighted by Gasteiger charge is 2.22. The molecule has 3 nitrogen and oxygen atoms in total. The summed E-state index contributed by atoms with van der Waals surface area (Å²) in [6.07, 6.45) is 4.79. The van der Waals surface area contributed by atoms with Crippen LogP contribution in [0.5, 0.6) is 0 Å². The summed E-state index contributed by atoms with van der Waals surface area (Å²) in [6, 6.07) is 10.4. The molecule has 0 saturated heterocycles. The standard InChI is InChI=1S/C17H23NO2S/c1-13(11-21-12-14-5-3-2-4-6-14)17(20)18-16-8-7-15(9-16)10-19/h2-8,13,15-16,19H,9-12H2,1H3,(H,18,20)/t13?,15-,16+/m0/s1. The quantitative estimate of drug-likeness (QED) is 0.761. The molecule has 0 spiro atoms. The van der Waals surface area contributed by atoms with Crippen LogP contribution < -0.4 is 5.32 Å². The summed E-state index contributed by atoms with van der Waals surface area (Å²) in [6.45, 7) is 2.13. The number of hydrogen-bond acceptors (Lipinski definition) is 3. The lowest BCUT2D eigenvalue weighted by molar-refractivity contribution is -0.124. The fraction of sp³-hybridized carbons (Fsp3) is 0.471. The molecule has 21 heavy (non-hydrogen) atoms. The van der Waals surface area contributed by atoms with Gasteiger partial charge in [-0.05, 0) is 12.0 Å². The van der Waals surface area contributed by atoms with Gasteiger partial charge in [-0.25, -0.2) is 0 Å². The summed E-state index contributed by atoms with van der Waals surface area (Å²) < 4.78 is 0. The molecule has 2 rings (SSSR count). The molecule has 3 atom stereocenters. The molecular weight excluding hydrogens is 282 g/mol. The van der Waals surface area contributed by atoms with E-state index in [0.717, 1.165) is 17.9 Å². The molecule has 114 valence electrons. The van der Waals surface area contributed by atoms with Gasteiger partial charge < -0.3 is 10.4 Å². The Bertz CT molecular complexity index is 475. The first kappa shape index (κ1) is 16.1. The summed E-state index contributed by atoms with van der Waals surface area (Å²) >= 11 is 1.79. The lowest BCUT2D eigenvalue weighted by Gasteiger charge is -2.16. The Balaban J connectivity index is 1.67. The number of carbonyl (C=O) groups excluding carboxylic acids is 1. The van der Waals surface area contributed by atoms with Crippen LogP contribution in [0.25, 0.3) is 0 Å². The van der Waals surface area contributed by atoms with Crippen molar-refractivity contribution in [1.82, 2.24) is 5.32 Å². The highest BCUT2D eigenvalue weighted by molar-refractivity contribution is 7.98. The number of amides is 1. The van der Waals surface area contributed by atoms with Gasteiger partial charge in [-0.3, -0.25) is 4.79 Å². The van der Waals surface area contributed by atoms with E-state index >= 15 is 0 Å². The van der Waals surface area contributed by atoms with Crippen molar-refractivity contribution in [3.63, 3.8) is 0 Å². The average molecular weight is 305 g/mol. The maximum absolute atomic E-state index is 12.1. The van der Waals surface area contributed by atoms with Crippen molar-refractivity contribution in [3.05, 3.63) is 48.0 Å². The van der Waals surface area contributed by atoms with E-state index in [1.807, 2.05) is 37.3 Å². The number of hydrogen-bond donors (Lipinski definition) is 2. The third-order valence-electron chi connectivity index (χ3n) is 3.66. The van der Waals surface area contributed by atoms with E-state index in [1.54, 1.807) is 11.8 Å². The molecule has 1 amide bonds. The van der Waals surface area contributed by atoms with Gasteiger partial charge >= 0.3 is 0 Å². The van der Waals surface area contributed by atoms with Crippen molar-refractivity contribution >= 4 is 17.7 Å². The minimum atomic E-state index is 0.000267. The second kappa shape index (κ2) is 8.25. The minimum absolute atomic E-state index is 0.000267. The van der Waals surface area contributed by atoms with E-state index in [1.165, 1.54) is 5.56 Å². The molecular formula is C17H23NO2S. The molecule has 1 unspecified atom stereocenters. The first-order valence-corrected chi connectivity index (χ1v) is 8.55. The molecule has 0 saturated carbocycles. The van der Waals surface area contributed by atoms with Crippen LogP contribution in [-0.4, -0.2) is 29.4 Å². The summed E-state index contributed by atoms with van der Waals surface area (Å²) in [4.78, 5) is 12.1. The predicted molar refractivity (Wildman–Crippen MR) is 88.0 cm³/mol. The van der Waals surface area contributed by atoms with Crippen LogP contribution in [0.4, 0.5) is 0 Å². The maximum Gasteiger partial charge on any atom is 0.224 e. The zero-order valence-corrected chi connectivity index (χ0v) is 13.2. The van der Waals surface area contributed by atoms with Crippen molar-refractivity contribution in [2.24, 2.45) is 11.8 Å². The number of rotatable bonds is 7. The molecule has 0 bridgehead atoms. The average Bonchev–Trinajstić information content (AvgIpc) is 2.96. The van der Waals surface area contributed by atoms with Crippen molar-refractivity contribution < 1.29 is 9.90 Å². The van der Waals surface area contributed by atoms with E-state index in [9.17, 15) is 4.79 Å². The summed E-state index contributed by atoms with van der Waals surface area (Å²) in [5.41, 5.74) is 1.29. The number of nitrogens with one attached hydrogen (secondary N) is 1. The molecule has 0 heterocycles. The monoisotopic (exact) mass is 305 g/mol. The Morgan fingerprint density at radius 3 is 2.81 bits per heavy atom. The van der Waals surface area contributed by atoms with Gasteiger partial charge in [0.2, 0.25) is 5.91 Å². The van der Waals surface area contributed by atoms with Crippen molar-refractivity contribution in [1.29, 1.82) is 0 Å². The maximum atomic E-state index is 12.1. The van der Waals surface area contributed by atoms with Gasteiger partial charge in [-0.1, -0.05) is 49.4 Å². The van der Waals surface area contributed by atoms with Crippen molar-refractivity contribution in [2.45, 2.75) is 25.1 Å². The van der Waals surface area contributed by atoms with E-state index in [-0.39, 0.29) is 30.4 Å². The second-order valence-corrected chi connectivity index (χ2v) is 6.61. The normalized spacial score (nSPS) is 22.2. The van der Waals surface area contributed by atoms with E-state index in [0.29, 0.717) is 0 Å². The molecule has 0 aromatic heterocycles. The highest BCUT2D eigenvalue weighted by atomic mass is 32.2. The highest BCUT2D eigenvalue weighted by Crippen LogP contribution is 2.19. The molecule has 4 heteroatoms. The molecule has 0 aliphatic heterocycles. The fourth-order valence-electron chi connectivity index (χ4n) is 2.35. The number of carbonyl (C=O) groups is 1. The van der Waals surface area contributed by atoms with Crippen LogP contribution in [-0.2, 0) is 10.5 Å². The van der Waals surface area contributed by atoms with Gasteiger partial charge in [0.15, 0.2) is 0 Å². The van der Waals surface area contributed by atoms with Crippen molar-refractivity contribution in [3.8, 4) is 0 Å². The largest absolute Gasteiger partial charge is 0.396 e. The molecule has 1 aliphatic carbocycles. The number of aliphatic hydroxyl groups excluding tert-OH is 1. The molecule has 2 N–H and O–H groups in total. The van der Waals surface area contributed by atoms with Crippen LogP contribution in [0.15, 0.2) is 42.5 Å². The van der Waals surface area contributed by atoms with Crippen LogP contribution >= 0.6 is 11.8 Å². The van der Waals surface area contributed by atoms with E-state index in [2.05, 4.69) is 17.4 Å². The lowest BCUT2D eigenvalue weighted by atomic mass is 10.1. The number of aliphatic hydroxyl groups is 1. The third kappa shape index (κ3) is 5.21. The zero-order chi connectivity index (χ0) is 15.1. The third-order valence-corrected chi connectivity index (χ3v) is 4.93. The summed E-state index contributed by atoms with van der Waals surface area (Å²) in [5, 5.41) is 12.1. The summed E-state index contributed by atoms with van der Waals surface area (Å²) in [7, 11) is 0. The Morgan fingerprint density at radius 2 is 2.14 bits per heavy atom. The van der Waals surface area contributed by atoms with Crippen LogP contribution in [0.3, 0.4) is 0 Å². The smallest absolute Gasteiger partial charge is 0.224 e. The number of benzene rings is 1. The first-order chi connectivity index (χ1) is 10.2. The Kier molecular flexibility index (Phi) is 6.33. The Morgan fingerprint density at radius 1 is 1.38 bits per heavy atom. The van der Waals surface area contributed by atoms with Gasteiger partial charge in [0.25, 0.3) is 0 Å². The van der Waals surface area contributed by atoms with Crippen LogP contribution in [0, 0.1) is 11.8 Å². The fourth-order valence-corrected chi connectivity index (χ4v) is 3.40. The molecule has 1 aromatic carbocycles. The molecule has 0 fully saturated rings. The van der Waals surface area contributed by atoms with Crippen molar-refractivity contribution in [2.75, 3.05) is 12.4 Å². The van der Waals surface area contributed by atoms with Crippen LogP contribution in [0.2, 0.25) is 0 Å². The Hall–Kier alpha value is -1.26. The second-order valence-electron chi connectivity index (χ2n) is 5.58. The zero-order valence-electron chi connectivity index (χ0n) is 12.4. The van der Waals surface area contributed by atoms with E-state index < -0.39 is 0 Å².